The van der Waals surface area contributed by atoms with E-state index in [1.54, 1.807) is 11.8 Å². The third-order valence-corrected chi connectivity index (χ3v) is 4.29. The van der Waals surface area contributed by atoms with Crippen molar-refractivity contribution in [3.8, 4) is 0 Å². The number of hydrogen-bond donors (Lipinski definition) is 1. The van der Waals surface area contributed by atoms with Gasteiger partial charge in [0.05, 0.1) is 0 Å². The first-order chi connectivity index (χ1) is 9.60. The van der Waals surface area contributed by atoms with Crippen LogP contribution in [-0.2, 0) is 6.54 Å². The van der Waals surface area contributed by atoms with Crippen molar-refractivity contribution in [2.24, 2.45) is 0 Å². The van der Waals surface area contributed by atoms with Crippen LogP contribution >= 0.6 is 23.4 Å². The second-order valence-corrected chi connectivity index (χ2v) is 6.19. The van der Waals surface area contributed by atoms with Gasteiger partial charge in [-0.05, 0) is 55.8 Å². The molecule has 0 saturated heterocycles. The highest BCUT2D eigenvalue weighted by atomic mass is 35.5. The van der Waals surface area contributed by atoms with Crippen molar-refractivity contribution < 1.29 is 0 Å². The fourth-order valence-corrected chi connectivity index (χ4v) is 3.43. The van der Waals surface area contributed by atoms with Crippen LogP contribution in [0.4, 0.5) is 0 Å². The van der Waals surface area contributed by atoms with Crippen LogP contribution < -0.4 is 5.32 Å². The zero-order valence-electron chi connectivity index (χ0n) is 12.0. The number of nitrogens with one attached hydrogen (secondary N) is 1. The average Bonchev–Trinajstić information content (AvgIpc) is 2.37. The maximum atomic E-state index is 6.32. The van der Waals surface area contributed by atoms with Crippen molar-refractivity contribution in [1.82, 2.24) is 10.3 Å². The minimum Gasteiger partial charge on any atom is -0.313 e. The number of benzene rings is 1. The van der Waals surface area contributed by atoms with Gasteiger partial charge in [0, 0.05) is 22.2 Å². The minimum absolute atomic E-state index is 0.781. The third kappa shape index (κ3) is 3.98. The maximum Gasteiger partial charge on any atom is 0.101 e. The van der Waals surface area contributed by atoms with E-state index in [4.69, 9.17) is 11.6 Å². The zero-order valence-corrected chi connectivity index (χ0v) is 13.6. The molecule has 0 saturated carbocycles. The Bertz CT molecular complexity index is 579. The summed E-state index contributed by atoms with van der Waals surface area (Å²) in [5.74, 6) is 0. The van der Waals surface area contributed by atoms with E-state index in [1.807, 2.05) is 19.1 Å². The van der Waals surface area contributed by atoms with Gasteiger partial charge >= 0.3 is 0 Å². The Morgan fingerprint density at radius 1 is 1.25 bits per heavy atom. The average molecular weight is 307 g/mol. The van der Waals surface area contributed by atoms with E-state index >= 15 is 0 Å². The fraction of sp³-hybridized carbons (Fsp3) is 0.312. The smallest absolute Gasteiger partial charge is 0.101 e. The molecule has 0 aliphatic rings. The Morgan fingerprint density at radius 3 is 2.75 bits per heavy atom. The molecule has 0 atom stereocenters. The fourth-order valence-electron chi connectivity index (χ4n) is 2.03. The molecule has 0 amide bonds. The van der Waals surface area contributed by atoms with Gasteiger partial charge in [-0.25, -0.2) is 4.98 Å². The van der Waals surface area contributed by atoms with Gasteiger partial charge in [-0.2, -0.15) is 0 Å². The number of aryl methyl sites for hydroxylation is 2. The van der Waals surface area contributed by atoms with Gasteiger partial charge in [0.25, 0.3) is 0 Å². The van der Waals surface area contributed by atoms with E-state index in [9.17, 15) is 0 Å². The first-order valence-corrected chi connectivity index (χ1v) is 7.91. The number of rotatable bonds is 5. The minimum atomic E-state index is 0.781. The van der Waals surface area contributed by atoms with Gasteiger partial charge < -0.3 is 5.32 Å². The summed E-state index contributed by atoms with van der Waals surface area (Å²) in [5.41, 5.74) is 3.42. The van der Waals surface area contributed by atoms with Crippen molar-refractivity contribution in [3.63, 3.8) is 0 Å². The lowest BCUT2D eigenvalue weighted by atomic mass is 10.2. The number of hydrogen-bond acceptors (Lipinski definition) is 3. The molecular formula is C16H19ClN2S. The Kier molecular flexibility index (Phi) is 5.46. The molecule has 1 aromatic carbocycles. The van der Waals surface area contributed by atoms with Gasteiger partial charge in [-0.3, -0.25) is 0 Å². The van der Waals surface area contributed by atoms with E-state index in [-0.39, 0.29) is 0 Å². The summed E-state index contributed by atoms with van der Waals surface area (Å²) in [7, 11) is 0. The Hall–Kier alpha value is -1.03. The number of pyridine rings is 1. The van der Waals surface area contributed by atoms with Crippen LogP contribution in [0.1, 0.15) is 23.7 Å². The van der Waals surface area contributed by atoms with E-state index < -0.39 is 0 Å². The molecule has 0 bridgehead atoms. The maximum absolute atomic E-state index is 6.32. The summed E-state index contributed by atoms with van der Waals surface area (Å²) in [6.45, 7) is 7.92. The second-order valence-electron chi connectivity index (χ2n) is 4.72. The number of aromatic nitrogens is 1. The summed E-state index contributed by atoms with van der Waals surface area (Å²) in [4.78, 5) is 5.74. The molecule has 0 fully saturated rings. The van der Waals surface area contributed by atoms with Crippen LogP contribution in [0, 0.1) is 13.8 Å². The Labute approximate surface area is 130 Å². The van der Waals surface area contributed by atoms with Crippen LogP contribution in [0.2, 0.25) is 5.02 Å². The highest BCUT2D eigenvalue weighted by Gasteiger charge is 2.09. The van der Waals surface area contributed by atoms with E-state index in [0.29, 0.717) is 0 Å². The van der Waals surface area contributed by atoms with Crippen LogP contribution in [0.25, 0.3) is 0 Å². The first-order valence-electron chi connectivity index (χ1n) is 6.71. The van der Waals surface area contributed by atoms with Crippen LogP contribution in [0.5, 0.6) is 0 Å². The van der Waals surface area contributed by atoms with Gasteiger partial charge in [0.15, 0.2) is 0 Å². The zero-order chi connectivity index (χ0) is 14.5. The van der Waals surface area contributed by atoms with Crippen LogP contribution in [0.3, 0.4) is 0 Å². The summed E-state index contributed by atoms with van der Waals surface area (Å²) in [5, 5.41) is 5.16. The van der Waals surface area contributed by atoms with E-state index in [0.717, 1.165) is 39.3 Å². The van der Waals surface area contributed by atoms with E-state index in [2.05, 4.69) is 42.3 Å². The summed E-state index contributed by atoms with van der Waals surface area (Å²) < 4.78 is 0. The molecule has 0 spiro atoms. The van der Waals surface area contributed by atoms with Crippen molar-refractivity contribution in [2.45, 2.75) is 37.2 Å². The van der Waals surface area contributed by atoms with Crippen molar-refractivity contribution in [2.75, 3.05) is 6.54 Å². The van der Waals surface area contributed by atoms with Crippen molar-refractivity contribution >= 4 is 23.4 Å². The largest absolute Gasteiger partial charge is 0.313 e. The lowest BCUT2D eigenvalue weighted by Gasteiger charge is -2.11. The molecule has 1 heterocycles. The summed E-state index contributed by atoms with van der Waals surface area (Å²) in [6, 6.07) is 10.2. The molecule has 106 valence electrons. The molecule has 4 heteroatoms. The normalized spacial score (nSPS) is 10.8. The molecule has 0 unspecified atom stereocenters. The van der Waals surface area contributed by atoms with Crippen molar-refractivity contribution in [1.29, 1.82) is 0 Å². The van der Waals surface area contributed by atoms with Gasteiger partial charge in [-0.1, -0.05) is 36.4 Å². The quantitative estimate of drug-likeness (QED) is 0.873. The molecule has 20 heavy (non-hydrogen) atoms. The van der Waals surface area contributed by atoms with Gasteiger partial charge in [0.2, 0.25) is 0 Å². The predicted molar refractivity (Wildman–Crippen MR) is 86.7 cm³/mol. The Morgan fingerprint density at radius 2 is 2.05 bits per heavy atom. The molecule has 1 N–H and O–H groups in total. The van der Waals surface area contributed by atoms with Crippen LogP contribution in [0.15, 0.2) is 40.3 Å². The predicted octanol–water partition coefficient (Wildman–Crippen LogP) is 4.61. The Balaban J connectivity index is 2.30. The van der Waals surface area contributed by atoms with E-state index in [1.165, 1.54) is 5.56 Å². The molecule has 2 rings (SSSR count). The van der Waals surface area contributed by atoms with Crippen molar-refractivity contribution in [3.05, 3.63) is 52.2 Å². The number of nitrogens with zero attached hydrogens (tertiary/aromatic N) is 1. The molecule has 1 aromatic heterocycles. The SMILES string of the molecule is CCNCc1c(Cl)cccc1Sc1cc(C)cc(C)n1. The summed E-state index contributed by atoms with van der Waals surface area (Å²) in [6.07, 6.45) is 0. The third-order valence-electron chi connectivity index (χ3n) is 2.92. The van der Waals surface area contributed by atoms with Crippen LogP contribution in [-0.4, -0.2) is 11.5 Å². The lowest BCUT2D eigenvalue weighted by molar-refractivity contribution is 0.718. The lowest BCUT2D eigenvalue weighted by Crippen LogP contribution is -2.12. The monoisotopic (exact) mass is 306 g/mol. The van der Waals surface area contributed by atoms with Gasteiger partial charge in [0.1, 0.15) is 5.03 Å². The molecule has 2 nitrogen and oxygen atoms in total. The topological polar surface area (TPSA) is 24.9 Å². The standard InChI is InChI=1S/C16H19ClN2S/c1-4-18-10-13-14(17)6-5-7-15(13)20-16-9-11(2)8-12(3)19-16/h5-9,18H,4,10H2,1-3H3. The molecule has 2 aromatic rings. The second kappa shape index (κ2) is 7.11. The highest BCUT2D eigenvalue weighted by molar-refractivity contribution is 7.99. The molecule has 0 radical (unpaired) electrons. The molecule has 0 aliphatic heterocycles. The molecule has 0 aliphatic carbocycles. The first kappa shape index (κ1) is 15.4. The highest BCUT2D eigenvalue weighted by Crippen LogP contribution is 2.33. The number of halogens is 1. The molecular weight excluding hydrogens is 288 g/mol. The van der Waals surface area contributed by atoms with Gasteiger partial charge in [-0.15, -0.1) is 0 Å². The summed E-state index contributed by atoms with van der Waals surface area (Å²) >= 11 is 7.99.